The first-order valence-corrected chi connectivity index (χ1v) is 7.32. The van der Waals surface area contributed by atoms with Crippen LogP contribution in [-0.4, -0.2) is 24.3 Å². The Kier molecular flexibility index (Phi) is 5.26. The van der Waals surface area contributed by atoms with E-state index in [1.165, 1.54) is 24.8 Å². The molecule has 1 atom stereocenters. The molecule has 1 unspecified atom stereocenters. The lowest BCUT2D eigenvalue weighted by Gasteiger charge is -2.16. The van der Waals surface area contributed by atoms with Gasteiger partial charge in [0.2, 0.25) is 0 Å². The minimum atomic E-state index is 0.568. The zero-order valence-electron chi connectivity index (χ0n) is 11.7. The first-order valence-electron chi connectivity index (χ1n) is 7.32. The highest BCUT2D eigenvalue weighted by molar-refractivity contribution is 5.18. The molecule has 1 fully saturated rings. The van der Waals surface area contributed by atoms with Gasteiger partial charge in [-0.15, -0.1) is 0 Å². The van der Waals surface area contributed by atoms with Crippen LogP contribution in [0.1, 0.15) is 44.7 Å². The molecule has 102 valence electrons. The summed E-state index contributed by atoms with van der Waals surface area (Å²) in [7, 11) is 0. The lowest BCUT2D eigenvalue weighted by molar-refractivity contribution is 0.139. The standard InChI is InChI=1S/C15H26N2O/c1-3-8-16-15(13-5-6-13)14-7-9-17(12-14)10-11-18-4-2/h7,9,12-13,15-16H,3-6,8,10-11H2,1-2H3. The van der Waals surface area contributed by atoms with E-state index in [9.17, 15) is 0 Å². The number of nitrogens with zero attached hydrogens (tertiary/aromatic N) is 1. The summed E-state index contributed by atoms with van der Waals surface area (Å²) in [5.74, 6) is 0.860. The Labute approximate surface area is 111 Å². The lowest BCUT2D eigenvalue weighted by atomic mass is 10.1. The van der Waals surface area contributed by atoms with Crippen LogP contribution in [0, 0.1) is 5.92 Å². The van der Waals surface area contributed by atoms with Crippen LogP contribution in [0.25, 0.3) is 0 Å². The summed E-state index contributed by atoms with van der Waals surface area (Å²) < 4.78 is 7.64. The first kappa shape index (κ1) is 13.6. The van der Waals surface area contributed by atoms with Gasteiger partial charge < -0.3 is 14.6 Å². The van der Waals surface area contributed by atoms with Crippen LogP contribution in [0.2, 0.25) is 0 Å². The number of aromatic nitrogens is 1. The van der Waals surface area contributed by atoms with E-state index in [-0.39, 0.29) is 0 Å². The summed E-state index contributed by atoms with van der Waals surface area (Å²) in [5.41, 5.74) is 1.45. The average molecular weight is 250 g/mol. The highest BCUT2D eigenvalue weighted by Crippen LogP contribution is 2.41. The van der Waals surface area contributed by atoms with E-state index >= 15 is 0 Å². The zero-order valence-corrected chi connectivity index (χ0v) is 11.7. The summed E-state index contributed by atoms with van der Waals surface area (Å²) in [6.45, 7) is 7.95. The van der Waals surface area contributed by atoms with Crippen LogP contribution in [0.5, 0.6) is 0 Å². The third-order valence-electron chi connectivity index (χ3n) is 3.54. The van der Waals surface area contributed by atoms with E-state index in [0.717, 1.165) is 32.2 Å². The van der Waals surface area contributed by atoms with Crippen molar-refractivity contribution in [2.75, 3.05) is 19.8 Å². The minimum absolute atomic E-state index is 0.568. The van der Waals surface area contributed by atoms with Gasteiger partial charge in [0.1, 0.15) is 0 Å². The van der Waals surface area contributed by atoms with Crippen LogP contribution < -0.4 is 5.32 Å². The summed E-state index contributed by atoms with van der Waals surface area (Å²) in [6, 6.07) is 2.83. The van der Waals surface area contributed by atoms with E-state index in [2.05, 4.69) is 35.3 Å². The lowest BCUT2D eigenvalue weighted by Crippen LogP contribution is -2.23. The molecule has 1 aliphatic rings. The Morgan fingerprint density at radius 3 is 2.94 bits per heavy atom. The third-order valence-corrected chi connectivity index (χ3v) is 3.54. The molecule has 2 rings (SSSR count). The van der Waals surface area contributed by atoms with Gasteiger partial charge in [0, 0.05) is 31.6 Å². The van der Waals surface area contributed by atoms with E-state index < -0.39 is 0 Å². The van der Waals surface area contributed by atoms with Gasteiger partial charge in [0.15, 0.2) is 0 Å². The third kappa shape index (κ3) is 3.85. The molecule has 1 aromatic heterocycles. The van der Waals surface area contributed by atoms with Gasteiger partial charge in [-0.2, -0.15) is 0 Å². The van der Waals surface area contributed by atoms with Gasteiger partial charge in [0.05, 0.1) is 6.61 Å². The van der Waals surface area contributed by atoms with Gasteiger partial charge in [-0.05, 0) is 50.3 Å². The zero-order chi connectivity index (χ0) is 12.8. The maximum Gasteiger partial charge on any atom is 0.0645 e. The smallest absolute Gasteiger partial charge is 0.0645 e. The fourth-order valence-electron chi connectivity index (χ4n) is 2.38. The van der Waals surface area contributed by atoms with Crippen molar-refractivity contribution in [1.29, 1.82) is 0 Å². The van der Waals surface area contributed by atoms with Crippen molar-refractivity contribution in [2.24, 2.45) is 5.92 Å². The minimum Gasteiger partial charge on any atom is -0.380 e. The second-order valence-corrected chi connectivity index (χ2v) is 5.15. The van der Waals surface area contributed by atoms with E-state index in [1.807, 2.05) is 6.92 Å². The predicted octanol–water partition coefficient (Wildman–Crippen LogP) is 2.98. The summed E-state index contributed by atoms with van der Waals surface area (Å²) >= 11 is 0. The summed E-state index contributed by atoms with van der Waals surface area (Å²) in [6.07, 6.45) is 8.42. The van der Waals surface area contributed by atoms with Gasteiger partial charge in [-0.3, -0.25) is 0 Å². The quantitative estimate of drug-likeness (QED) is 0.682. The molecule has 1 heterocycles. The molecule has 0 spiro atoms. The number of hydrogen-bond acceptors (Lipinski definition) is 2. The van der Waals surface area contributed by atoms with E-state index in [0.29, 0.717) is 6.04 Å². The molecular weight excluding hydrogens is 224 g/mol. The second kappa shape index (κ2) is 6.95. The highest BCUT2D eigenvalue weighted by atomic mass is 16.5. The second-order valence-electron chi connectivity index (χ2n) is 5.15. The van der Waals surface area contributed by atoms with Crippen molar-refractivity contribution in [2.45, 2.75) is 45.7 Å². The van der Waals surface area contributed by atoms with Crippen LogP contribution >= 0.6 is 0 Å². The molecule has 0 amide bonds. The molecule has 1 saturated carbocycles. The molecule has 18 heavy (non-hydrogen) atoms. The number of ether oxygens (including phenoxy) is 1. The largest absolute Gasteiger partial charge is 0.380 e. The number of hydrogen-bond donors (Lipinski definition) is 1. The summed E-state index contributed by atoms with van der Waals surface area (Å²) in [5, 5.41) is 3.68. The van der Waals surface area contributed by atoms with Gasteiger partial charge in [0.25, 0.3) is 0 Å². The van der Waals surface area contributed by atoms with E-state index in [4.69, 9.17) is 4.74 Å². The summed E-state index contributed by atoms with van der Waals surface area (Å²) in [4.78, 5) is 0. The van der Waals surface area contributed by atoms with Crippen molar-refractivity contribution in [1.82, 2.24) is 9.88 Å². The van der Waals surface area contributed by atoms with Crippen LogP contribution in [0.15, 0.2) is 18.5 Å². The molecule has 1 N–H and O–H groups in total. The monoisotopic (exact) mass is 250 g/mol. The van der Waals surface area contributed by atoms with Crippen molar-refractivity contribution in [3.63, 3.8) is 0 Å². The maximum atomic E-state index is 5.40. The van der Waals surface area contributed by atoms with Crippen molar-refractivity contribution in [3.8, 4) is 0 Å². The molecule has 1 aromatic rings. The molecule has 1 aliphatic carbocycles. The first-order chi connectivity index (χ1) is 8.85. The average Bonchev–Trinajstić information content (AvgIpc) is 3.10. The Hall–Kier alpha value is -0.800. The topological polar surface area (TPSA) is 26.2 Å². The Morgan fingerprint density at radius 1 is 1.44 bits per heavy atom. The van der Waals surface area contributed by atoms with Crippen molar-refractivity contribution < 1.29 is 4.74 Å². The molecule has 3 nitrogen and oxygen atoms in total. The van der Waals surface area contributed by atoms with Crippen LogP contribution in [0.4, 0.5) is 0 Å². The fraction of sp³-hybridized carbons (Fsp3) is 0.733. The van der Waals surface area contributed by atoms with Crippen molar-refractivity contribution in [3.05, 3.63) is 24.0 Å². The molecule has 3 heteroatoms. The van der Waals surface area contributed by atoms with Gasteiger partial charge >= 0.3 is 0 Å². The molecule has 0 aliphatic heterocycles. The number of nitrogens with one attached hydrogen (secondary N) is 1. The molecule has 0 saturated heterocycles. The number of rotatable bonds is 9. The Balaban J connectivity index is 1.89. The fourth-order valence-corrected chi connectivity index (χ4v) is 2.38. The van der Waals surface area contributed by atoms with Crippen LogP contribution in [0.3, 0.4) is 0 Å². The Morgan fingerprint density at radius 2 is 2.28 bits per heavy atom. The molecule has 0 bridgehead atoms. The maximum absolute atomic E-state index is 5.40. The molecule has 0 aromatic carbocycles. The molecule has 0 radical (unpaired) electrons. The highest BCUT2D eigenvalue weighted by Gasteiger charge is 2.32. The van der Waals surface area contributed by atoms with E-state index in [1.54, 1.807) is 0 Å². The van der Waals surface area contributed by atoms with Gasteiger partial charge in [-0.1, -0.05) is 6.92 Å². The predicted molar refractivity (Wildman–Crippen MR) is 74.7 cm³/mol. The normalized spacial score (nSPS) is 17.0. The Bertz CT molecular complexity index is 344. The molecular formula is C15H26N2O. The van der Waals surface area contributed by atoms with Crippen LogP contribution in [-0.2, 0) is 11.3 Å². The van der Waals surface area contributed by atoms with Gasteiger partial charge in [-0.25, -0.2) is 0 Å². The SMILES string of the molecule is CCCNC(c1ccn(CCOCC)c1)C1CC1. The van der Waals surface area contributed by atoms with Crippen molar-refractivity contribution >= 4 is 0 Å².